The number of para-hydroxylation sites is 1. The van der Waals surface area contributed by atoms with Gasteiger partial charge in [-0.05, 0) is 51.9 Å². The van der Waals surface area contributed by atoms with Crippen LogP contribution in [0.15, 0.2) is 42.5 Å². The molecule has 0 saturated heterocycles. The maximum Gasteiger partial charge on any atom is 0.0457 e. The van der Waals surface area contributed by atoms with Crippen molar-refractivity contribution in [1.82, 2.24) is 0 Å². The number of fused-ring (bicyclic) bond motifs is 2. The van der Waals surface area contributed by atoms with E-state index < -0.39 is 0 Å². The van der Waals surface area contributed by atoms with E-state index >= 15 is 0 Å². The van der Waals surface area contributed by atoms with Crippen LogP contribution >= 0.6 is 22.6 Å². The number of hydrogen-bond donors (Lipinski definition) is 0. The smallest absolute Gasteiger partial charge is 0.0457 e. The molecule has 2 heteroatoms. The van der Waals surface area contributed by atoms with Crippen LogP contribution in [0.3, 0.4) is 0 Å². The van der Waals surface area contributed by atoms with Crippen LogP contribution in [0.2, 0.25) is 0 Å². The van der Waals surface area contributed by atoms with Gasteiger partial charge in [-0.15, -0.1) is 0 Å². The van der Waals surface area contributed by atoms with E-state index in [9.17, 15) is 0 Å². The Hall–Kier alpha value is -1.03. The SMILES string of the molecule is CC1c2ccccc2N(C)c2cccc(I)c21. The van der Waals surface area contributed by atoms with Crippen LogP contribution in [0.25, 0.3) is 0 Å². The van der Waals surface area contributed by atoms with Gasteiger partial charge in [-0.1, -0.05) is 31.2 Å². The molecule has 0 spiro atoms. The van der Waals surface area contributed by atoms with Crippen molar-refractivity contribution in [1.29, 1.82) is 0 Å². The third-order valence-electron chi connectivity index (χ3n) is 3.59. The first kappa shape index (κ1) is 11.1. The fourth-order valence-electron chi connectivity index (χ4n) is 2.69. The Balaban J connectivity index is 2.29. The second-order valence-corrected chi connectivity index (χ2v) is 5.67. The van der Waals surface area contributed by atoms with E-state index in [4.69, 9.17) is 0 Å². The molecule has 0 bridgehead atoms. The molecule has 3 rings (SSSR count). The Morgan fingerprint density at radius 2 is 1.71 bits per heavy atom. The average molecular weight is 335 g/mol. The summed E-state index contributed by atoms with van der Waals surface area (Å²) in [5.41, 5.74) is 5.54. The first-order valence-electron chi connectivity index (χ1n) is 5.81. The Morgan fingerprint density at radius 3 is 2.53 bits per heavy atom. The minimum absolute atomic E-state index is 0.477. The molecule has 0 N–H and O–H groups in total. The molecule has 0 amide bonds. The van der Waals surface area contributed by atoms with E-state index in [0.29, 0.717) is 5.92 Å². The number of rotatable bonds is 0. The van der Waals surface area contributed by atoms with Gasteiger partial charge in [0.1, 0.15) is 0 Å². The summed E-state index contributed by atoms with van der Waals surface area (Å²) in [4.78, 5) is 2.30. The van der Waals surface area contributed by atoms with Gasteiger partial charge in [-0.25, -0.2) is 0 Å². The molecule has 0 aromatic heterocycles. The predicted octanol–water partition coefficient (Wildman–Crippen LogP) is 4.52. The van der Waals surface area contributed by atoms with E-state index in [0.717, 1.165) is 0 Å². The summed E-state index contributed by atoms with van der Waals surface area (Å²) in [6.45, 7) is 2.30. The summed E-state index contributed by atoms with van der Waals surface area (Å²) in [5, 5.41) is 0. The molecule has 1 aliphatic heterocycles. The van der Waals surface area contributed by atoms with Crippen LogP contribution < -0.4 is 4.90 Å². The molecule has 0 radical (unpaired) electrons. The van der Waals surface area contributed by atoms with Crippen LogP contribution in [0.1, 0.15) is 24.0 Å². The quantitative estimate of drug-likeness (QED) is 0.640. The van der Waals surface area contributed by atoms with Crippen molar-refractivity contribution in [3.8, 4) is 0 Å². The van der Waals surface area contributed by atoms with Gasteiger partial charge in [0.05, 0.1) is 0 Å². The highest BCUT2D eigenvalue weighted by atomic mass is 127. The summed E-state index contributed by atoms with van der Waals surface area (Å²) in [7, 11) is 2.15. The zero-order valence-electron chi connectivity index (χ0n) is 9.94. The molecule has 0 saturated carbocycles. The van der Waals surface area contributed by atoms with Gasteiger partial charge >= 0.3 is 0 Å². The Bertz CT molecular complexity index is 577. The molecule has 1 unspecified atom stereocenters. The van der Waals surface area contributed by atoms with Crippen LogP contribution in [-0.4, -0.2) is 7.05 Å². The lowest BCUT2D eigenvalue weighted by atomic mass is 9.86. The average Bonchev–Trinajstić information content (AvgIpc) is 2.36. The standard InChI is InChI=1S/C15H14IN/c1-10-11-6-3-4-8-13(11)17(2)14-9-5-7-12(16)15(10)14/h3-10H,1-2H3. The zero-order valence-corrected chi connectivity index (χ0v) is 12.1. The van der Waals surface area contributed by atoms with Crippen LogP contribution in [0.4, 0.5) is 11.4 Å². The molecular weight excluding hydrogens is 321 g/mol. The van der Waals surface area contributed by atoms with Crippen molar-refractivity contribution in [3.63, 3.8) is 0 Å². The third kappa shape index (κ3) is 1.58. The van der Waals surface area contributed by atoms with Gasteiger partial charge in [0, 0.05) is 27.9 Å². The minimum Gasteiger partial charge on any atom is -0.344 e. The Morgan fingerprint density at radius 1 is 1.00 bits per heavy atom. The summed E-state index contributed by atoms with van der Waals surface area (Å²) in [6, 6.07) is 15.2. The maximum absolute atomic E-state index is 2.44. The lowest BCUT2D eigenvalue weighted by Gasteiger charge is -2.34. The molecule has 1 heterocycles. The summed E-state index contributed by atoms with van der Waals surface area (Å²) < 4.78 is 1.36. The van der Waals surface area contributed by atoms with Crippen molar-refractivity contribution < 1.29 is 0 Å². The highest BCUT2D eigenvalue weighted by Crippen LogP contribution is 2.45. The second-order valence-electron chi connectivity index (χ2n) is 4.51. The summed E-state index contributed by atoms with van der Waals surface area (Å²) >= 11 is 2.44. The third-order valence-corrected chi connectivity index (χ3v) is 4.53. The second kappa shape index (κ2) is 4.02. The number of hydrogen-bond acceptors (Lipinski definition) is 1. The lowest BCUT2D eigenvalue weighted by Crippen LogP contribution is -2.21. The summed E-state index contributed by atoms with van der Waals surface area (Å²) in [5.74, 6) is 0.477. The highest BCUT2D eigenvalue weighted by Gasteiger charge is 2.26. The van der Waals surface area contributed by atoms with Crippen LogP contribution in [0, 0.1) is 3.57 Å². The van der Waals surface area contributed by atoms with Crippen LogP contribution in [-0.2, 0) is 0 Å². The predicted molar refractivity (Wildman–Crippen MR) is 81.2 cm³/mol. The monoisotopic (exact) mass is 335 g/mol. The van der Waals surface area contributed by atoms with Gasteiger partial charge in [0.15, 0.2) is 0 Å². The molecule has 86 valence electrons. The maximum atomic E-state index is 2.44. The first-order valence-corrected chi connectivity index (χ1v) is 6.89. The van der Waals surface area contributed by atoms with Crippen molar-refractivity contribution in [2.75, 3.05) is 11.9 Å². The van der Waals surface area contributed by atoms with Crippen molar-refractivity contribution >= 4 is 34.0 Å². The Labute approximate surface area is 116 Å². The van der Waals surface area contributed by atoms with Gasteiger partial charge in [-0.3, -0.25) is 0 Å². The molecule has 17 heavy (non-hydrogen) atoms. The number of benzene rings is 2. The van der Waals surface area contributed by atoms with Crippen molar-refractivity contribution in [3.05, 3.63) is 57.2 Å². The summed E-state index contributed by atoms with van der Waals surface area (Å²) in [6.07, 6.45) is 0. The highest BCUT2D eigenvalue weighted by molar-refractivity contribution is 14.1. The largest absolute Gasteiger partial charge is 0.344 e. The van der Waals surface area contributed by atoms with Gasteiger partial charge in [-0.2, -0.15) is 0 Å². The fraction of sp³-hybridized carbons (Fsp3) is 0.200. The molecule has 0 fully saturated rings. The zero-order chi connectivity index (χ0) is 12.0. The Kier molecular flexibility index (Phi) is 2.62. The topological polar surface area (TPSA) is 3.24 Å². The number of halogens is 1. The molecule has 1 atom stereocenters. The van der Waals surface area contributed by atoms with E-state index in [-0.39, 0.29) is 0 Å². The fourth-order valence-corrected chi connectivity index (χ4v) is 3.64. The molecule has 0 aliphatic carbocycles. The van der Waals surface area contributed by atoms with Gasteiger partial charge in [0.2, 0.25) is 0 Å². The minimum atomic E-state index is 0.477. The van der Waals surface area contributed by atoms with E-state index in [1.165, 1.54) is 26.1 Å². The molecule has 1 nitrogen and oxygen atoms in total. The number of anilines is 2. The van der Waals surface area contributed by atoms with Crippen molar-refractivity contribution in [2.45, 2.75) is 12.8 Å². The van der Waals surface area contributed by atoms with E-state index in [2.05, 4.69) is 83.9 Å². The van der Waals surface area contributed by atoms with Gasteiger partial charge in [0.25, 0.3) is 0 Å². The normalized spacial score (nSPS) is 17.6. The van der Waals surface area contributed by atoms with E-state index in [1.54, 1.807) is 0 Å². The van der Waals surface area contributed by atoms with Crippen molar-refractivity contribution in [2.24, 2.45) is 0 Å². The number of nitrogens with zero attached hydrogens (tertiary/aromatic N) is 1. The first-order chi connectivity index (χ1) is 8.20. The molecule has 2 aromatic carbocycles. The van der Waals surface area contributed by atoms with Crippen LogP contribution in [0.5, 0.6) is 0 Å². The lowest BCUT2D eigenvalue weighted by molar-refractivity contribution is 0.876. The van der Waals surface area contributed by atoms with E-state index in [1.807, 2.05) is 0 Å². The van der Waals surface area contributed by atoms with Gasteiger partial charge < -0.3 is 4.90 Å². The molecule has 2 aromatic rings. The molecule has 1 aliphatic rings. The molecular formula is C15H14IN.